The molecule has 1 saturated heterocycles. The molecule has 1 fully saturated rings. The van der Waals surface area contributed by atoms with E-state index in [1.165, 1.54) is 0 Å². The van der Waals surface area contributed by atoms with E-state index in [0.29, 0.717) is 19.7 Å². The summed E-state index contributed by atoms with van der Waals surface area (Å²) in [7, 11) is 0. The number of hydrogen-bond donors (Lipinski definition) is 2. The minimum atomic E-state index is -0.388. The molecule has 0 bridgehead atoms. The average molecular weight is 188 g/mol. The van der Waals surface area contributed by atoms with E-state index in [0.717, 1.165) is 12.8 Å². The van der Waals surface area contributed by atoms with Crippen LogP contribution in [0.2, 0.25) is 0 Å². The molecule has 76 valence electrons. The highest BCUT2D eigenvalue weighted by molar-refractivity contribution is 5.73. The number of aliphatic hydroxyl groups is 1. The van der Waals surface area contributed by atoms with Gasteiger partial charge in [-0.2, -0.15) is 0 Å². The van der Waals surface area contributed by atoms with Gasteiger partial charge in [0.05, 0.1) is 12.7 Å². The van der Waals surface area contributed by atoms with Gasteiger partial charge in [0, 0.05) is 13.1 Å². The predicted octanol–water partition coefficient (Wildman–Crippen LogP) is 0.104. The van der Waals surface area contributed by atoms with Crippen LogP contribution in [0, 0.1) is 0 Å². The molecular formula is C8H16N2O3. The zero-order valence-electron chi connectivity index (χ0n) is 7.82. The van der Waals surface area contributed by atoms with Gasteiger partial charge in [-0.05, 0) is 19.8 Å². The Morgan fingerprint density at radius 2 is 2.54 bits per heavy atom. The molecule has 0 radical (unpaired) electrons. The monoisotopic (exact) mass is 188 g/mol. The number of carbonyl (C=O) groups excluding carboxylic acids is 1. The minimum absolute atomic E-state index is 0.263. The van der Waals surface area contributed by atoms with Gasteiger partial charge < -0.3 is 10.0 Å². The number of aliphatic hydroxyl groups excluding tert-OH is 1. The van der Waals surface area contributed by atoms with E-state index >= 15 is 0 Å². The van der Waals surface area contributed by atoms with Crippen LogP contribution in [-0.4, -0.2) is 41.8 Å². The molecule has 2 amide bonds. The van der Waals surface area contributed by atoms with Crippen molar-refractivity contribution in [2.75, 3.05) is 19.7 Å². The second kappa shape index (κ2) is 5.04. The molecule has 0 saturated carbocycles. The van der Waals surface area contributed by atoms with Gasteiger partial charge in [0.15, 0.2) is 0 Å². The number of likely N-dealkylation sites (tertiary alicyclic amines) is 1. The molecule has 1 atom stereocenters. The number of hydrogen-bond acceptors (Lipinski definition) is 3. The lowest BCUT2D eigenvalue weighted by Gasteiger charge is -2.29. The number of β-amino-alcohol motifs (C(OH)–C–C–N with tert-alkyl or cyclic N) is 1. The molecule has 1 aliphatic rings. The van der Waals surface area contributed by atoms with E-state index in [1.807, 2.05) is 0 Å². The van der Waals surface area contributed by atoms with Crippen molar-refractivity contribution in [1.29, 1.82) is 0 Å². The van der Waals surface area contributed by atoms with Gasteiger partial charge in [0.25, 0.3) is 0 Å². The second-order valence-electron chi connectivity index (χ2n) is 3.08. The van der Waals surface area contributed by atoms with Crippen molar-refractivity contribution < 1.29 is 14.7 Å². The number of nitrogens with one attached hydrogen (secondary N) is 1. The van der Waals surface area contributed by atoms with Crippen LogP contribution in [0.25, 0.3) is 0 Å². The highest BCUT2D eigenvalue weighted by atomic mass is 16.7. The summed E-state index contributed by atoms with van der Waals surface area (Å²) < 4.78 is 0. The Hall–Kier alpha value is -0.810. The fourth-order valence-corrected chi connectivity index (χ4v) is 1.34. The van der Waals surface area contributed by atoms with Crippen molar-refractivity contribution in [3.63, 3.8) is 0 Å². The molecular weight excluding hydrogens is 172 g/mol. The van der Waals surface area contributed by atoms with Crippen molar-refractivity contribution in [3.05, 3.63) is 0 Å². The van der Waals surface area contributed by atoms with Gasteiger partial charge >= 0.3 is 6.03 Å². The van der Waals surface area contributed by atoms with Crippen LogP contribution >= 0.6 is 0 Å². The lowest BCUT2D eigenvalue weighted by molar-refractivity contribution is 0.0360. The first-order valence-corrected chi connectivity index (χ1v) is 4.58. The van der Waals surface area contributed by atoms with Gasteiger partial charge in [-0.25, -0.2) is 10.3 Å². The van der Waals surface area contributed by atoms with Crippen molar-refractivity contribution >= 4 is 6.03 Å². The predicted molar refractivity (Wildman–Crippen MR) is 47.0 cm³/mol. The van der Waals surface area contributed by atoms with Gasteiger partial charge in [-0.3, -0.25) is 4.84 Å². The molecule has 5 heteroatoms. The molecule has 1 unspecified atom stereocenters. The van der Waals surface area contributed by atoms with Crippen LogP contribution in [-0.2, 0) is 4.84 Å². The summed E-state index contributed by atoms with van der Waals surface area (Å²) in [5.74, 6) is 0. The van der Waals surface area contributed by atoms with Crippen molar-refractivity contribution in [2.45, 2.75) is 25.9 Å². The number of piperidine rings is 1. The first-order valence-electron chi connectivity index (χ1n) is 4.58. The summed E-state index contributed by atoms with van der Waals surface area (Å²) in [6.45, 7) is 3.34. The summed E-state index contributed by atoms with van der Waals surface area (Å²) in [4.78, 5) is 17.6. The summed E-state index contributed by atoms with van der Waals surface area (Å²) in [6.07, 6.45) is 1.24. The fraction of sp³-hybridized carbons (Fsp3) is 0.875. The van der Waals surface area contributed by atoms with Crippen molar-refractivity contribution in [2.24, 2.45) is 0 Å². The highest BCUT2D eigenvalue weighted by Crippen LogP contribution is 2.09. The molecule has 1 heterocycles. The van der Waals surface area contributed by atoms with Crippen LogP contribution < -0.4 is 5.48 Å². The molecule has 1 aliphatic heterocycles. The maximum atomic E-state index is 11.3. The van der Waals surface area contributed by atoms with Crippen LogP contribution in [0.15, 0.2) is 0 Å². The van der Waals surface area contributed by atoms with E-state index in [2.05, 4.69) is 5.48 Å². The first kappa shape index (κ1) is 10.3. The summed E-state index contributed by atoms with van der Waals surface area (Å²) in [5, 5.41) is 9.29. The Balaban J connectivity index is 2.28. The molecule has 0 aliphatic carbocycles. The third-order valence-electron chi connectivity index (χ3n) is 1.99. The number of rotatable bonds is 2. The normalized spacial score (nSPS) is 22.9. The first-order chi connectivity index (χ1) is 6.24. The highest BCUT2D eigenvalue weighted by Gasteiger charge is 2.21. The minimum Gasteiger partial charge on any atom is -0.391 e. The quantitative estimate of drug-likeness (QED) is 0.604. The number of amides is 2. The van der Waals surface area contributed by atoms with Gasteiger partial charge in [0.2, 0.25) is 0 Å². The number of carbonyl (C=O) groups is 1. The molecule has 0 aromatic rings. The topological polar surface area (TPSA) is 61.8 Å². The molecule has 0 aromatic heterocycles. The number of nitrogens with zero attached hydrogens (tertiary/aromatic N) is 1. The largest absolute Gasteiger partial charge is 0.391 e. The summed E-state index contributed by atoms with van der Waals surface area (Å²) in [5.41, 5.74) is 2.30. The SMILES string of the molecule is CCONC(=O)N1CCCC(O)C1. The lowest BCUT2D eigenvalue weighted by Crippen LogP contribution is -2.47. The summed E-state index contributed by atoms with van der Waals surface area (Å²) >= 11 is 0. The van der Waals surface area contributed by atoms with Gasteiger partial charge in [-0.15, -0.1) is 0 Å². The number of urea groups is 1. The third kappa shape index (κ3) is 3.20. The van der Waals surface area contributed by atoms with Crippen molar-refractivity contribution in [3.8, 4) is 0 Å². The summed E-state index contributed by atoms with van der Waals surface area (Å²) in [6, 6.07) is -0.263. The van der Waals surface area contributed by atoms with E-state index in [1.54, 1.807) is 11.8 Å². The molecule has 0 aromatic carbocycles. The van der Waals surface area contributed by atoms with Crippen LogP contribution in [0.3, 0.4) is 0 Å². The fourth-order valence-electron chi connectivity index (χ4n) is 1.34. The smallest absolute Gasteiger partial charge is 0.341 e. The Kier molecular flexibility index (Phi) is 3.98. The van der Waals surface area contributed by atoms with Gasteiger partial charge in [-0.1, -0.05) is 0 Å². The molecule has 5 nitrogen and oxygen atoms in total. The Labute approximate surface area is 77.6 Å². The van der Waals surface area contributed by atoms with Crippen LogP contribution in [0.5, 0.6) is 0 Å². The van der Waals surface area contributed by atoms with E-state index in [4.69, 9.17) is 4.84 Å². The third-order valence-corrected chi connectivity index (χ3v) is 1.99. The Morgan fingerprint density at radius 3 is 3.15 bits per heavy atom. The number of hydroxylamine groups is 1. The zero-order chi connectivity index (χ0) is 9.68. The lowest BCUT2D eigenvalue weighted by atomic mass is 10.1. The van der Waals surface area contributed by atoms with Crippen LogP contribution in [0.4, 0.5) is 4.79 Å². The Morgan fingerprint density at radius 1 is 1.77 bits per heavy atom. The van der Waals surface area contributed by atoms with Gasteiger partial charge in [0.1, 0.15) is 0 Å². The second-order valence-corrected chi connectivity index (χ2v) is 3.08. The van der Waals surface area contributed by atoms with E-state index in [-0.39, 0.29) is 12.1 Å². The standard InChI is InChI=1S/C8H16N2O3/c1-2-13-9-8(12)10-5-3-4-7(11)6-10/h7,11H,2-6H2,1H3,(H,9,12). The molecule has 2 N–H and O–H groups in total. The molecule has 13 heavy (non-hydrogen) atoms. The van der Waals surface area contributed by atoms with E-state index in [9.17, 15) is 9.90 Å². The van der Waals surface area contributed by atoms with E-state index < -0.39 is 0 Å². The van der Waals surface area contributed by atoms with Crippen LogP contribution in [0.1, 0.15) is 19.8 Å². The average Bonchev–Trinajstić information content (AvgIpc) is 2.14. The zero-order valence-corrected chi connectivity index (χ0v) is 7.82. The molecule has 0 spiro atoms. The van der Waals surface area contributed by atoms with Crippen molar-refractivity contribution in [1.82, 2.24) is 10.4 Å². The maximum Gasteiger partial charge on any atom is 0.341 e. The Bertz CT molecular complexity index is 175. The molecule has 1 rings (SSSR count). The maximum absolute atomic E-state index is 11.3.